The van der Waals surface area contributed by atoms with Gasteiger partial charge in [0.15, 0.2) is 5.96 Å². The van der Waals surface area contributed by atoms with E-state index in [1.54, 1.807) is 14.2 Å². The molecule has 0 atom stereocenters. The average Bonchev–Trinajstić information content (AvgIpc) is 2.64. The highest BCUT2D eigenvalue weighted by Crippen LogP contribution is 2.32. The van der Waals surface area contributed by atoms with E-state index in [0.29, 0.717) is 25.2 Å². The number of aromatic nitrogens is 1. The Labute approximate surface area is 191 Å². The van der Waals surface area contributed by atoms with Crippen LogP contribution in [0.2, 0.25) is 5.02 Å². The number of guanidine groups is 1. The Hall–Kier alpha value is -1.05. The molecular weight excluding hydrogens is 526 g/mol. The summed E-state index contributed by atoms with van der Waals surface area (Å²) >= 11 is 5.79. The summed E-state index contributed by atoms with van der Waals surface area (Å²) in [4.78, 5) is 9.89. The average molecular weight is 554 g/mol. The van der Waals surface area contributed by atoms with E-state index >= 15 is 0 Å². The highest BCUT2D eigenvalue weighted by Gasteiger charge is 2.31. The van der Waals surface area contributed by atoms with Crippen LogP contribution in [0.4, 0.5) is 13.2 Å². The smallest absolute Gasteiger partial charge is 0.417 e. The van der Waals surface area contributed by atoms with Gasteiger partial charge < -0.3 is 25.0 Å². The van der Waals surface area contributed by atoms with Crippen LogP contribution in [0.25, 0.3) is 0 Å². The number of pyridine rings is 1. The van der Waals surface area contributed by atoms with Crippen molar-refractivity contribution < 1.29 is 22.6 Å². The fraction of sp³-hybridized carbons (Fsp3) is 0.647. The minimum atomic E-state index is -4.49. The van der Waals surface area contributed by atoms with Crippen molar-refractivity contribution in [2.24, 2.45) is 4.99 Å². The van der Waals surface area contributed by atoms with Crippen molar-refractivity contribution in [1.29, 1.82) is 0 Å². The Kier molecular flexibility index (Phi) is 14.3. The molecule has 0 bridgehead atoms. The van der Waals surface area contributed by atoms with Gasteiger partial charge in [-0.2, -0.15) is 13.2 Å². The van der Waals surface area contributed by atoms with Crippen molar-refractivity contribution in [2.75, 3.05) is 60.6 Å². The molecule has 1 heterocycles. The van der Waals surface area contributed by atoms with E-state index in [-0.39, 0.29) is 41.5 Å². The first-order chi connectivity index (χ1) is 13.3. The maximum Gasteiger partial charge on any atom is 0.417 e. The van der Waals surface area contributed by atoms with Crippen molar-refractivity contribution in [1.82, 2.24) is 20.5 Å². The summed E-state index contributed by atoms with van der Waals surface area (Å²) in [6, 6.07) is 0.793. The number of aliphatic imine (C=N–C) groups is 1. The Morgan fingerprint density at radius 3 is 2.52 bits per heavy atom. The predicted octanol–water partition coefficient (Wildman–Crippen LogP) is 2.88. The monoisotopic (exact) mass is 553 g/mol. The highest BCUT2D eigenvalue weighted by atomic mass is 127. The molecule has 0 saturated heterocycles. The maximum atomic E-state index is 12.6. The van der Waals surface area contributed by atoms with Crippen LogP contribution in [0.15, 0.2) is 17.3 Å². The van der Waals surface area contributed by atoms with Crippen molar-refractivity contribution in [3.05, 3.63) is 22.8 Å². The third-order valence-electron chi connectivity index (χ3n) is 3.67. The SMILES string of the molecule is CN=C(NCCOc1ncc(C(F)(F)F)cc1Cl)NCCN(C)CCCOC.I. The number of ether oxygens (including phenoxy) is 2. The Morgan fingerprint density at radius 2 is 1.93 bits per heavy atom. The summed E-state index contributed by atoms with van der Waals surface area (Å²) in [7, 11) is 5.36. The van der Waals surface area contributed by atoms with Gasteiger partial charge >= 0.3 is 6.18 Å². The van der Waals surface area contributed by atoms with Gasteiger partial charge in [-0.15, -0.1) is 24.0 Å². The lowest BCUT2D eigenvalue weighted by Crippen LogP contribution is -2.42. The predicted molar refractivity (Wildman–Crippen MR) is 119 cm³/mol. The molecule has 1 rings (SSSR count). The molecule has 0 fully saturated rings. The summed E-state index contributed by atoms with van der Waals surface area (Å²) in [5.41, 5.74) is -0.917. The molecule has 0 aliphatic heterocycles. The standard InChI is InChI=1S/C17H27ClF3N5O2.HI/c1-22-16(23-5-8-26(2)7-4-9-27-3)24-6-10-28-15-14(18)11-13(12-25-15)17(19,20)21;/h11-12H,4-10H2,1-3H3,(H2,22,23,24);1H. The van der Waals surface area contributed by atoms with Crippen molar-refractivity contribution in [2.45, 2.75) is 12.6 Å². The molecule has 0 amide bonds. The molecule has 0 aliphatic carbocycles. The van der Waals surface area contributed by atoms with Gasteiger partial charge in [-0.1, -0.05) is 11.6 Å². The Balaban J connectivity index is 0.00000784. The van der Waals surface area contributed by atoms with Crippen LogP contribution >= 0.6 is 35.6 Å². The third-order valence-corrected chi connectivity index (χ3v) is 3.94. The van der Waals surface area contributed by atoms with Gasteiger partial charge in [-0.05, 0) is 19.5 Å². The van der Waals surface area contributed by atoms with Gasteiger partial charge in [0.1, 0.15) is 11.6 Å². The molecule has 0 unspecified atom stereocenters. The lowest BCUT2D eigenvalue weighted by Gasteiger charge is -2.18. The van der Waals surface area contributed by atoms with E-state index in [1.165, 1.54) is 0 Å². The topological polar surface area (TPSA) is 71.0 Å². The first-order valence-electron chi connectivity index (χ1n) is 8.75. The minimum Gasteiger partial charge on any atom is -0.475 e. The van der Waals surface area contributed by atoms with Gasteiger partial charge in [-0.25, -0.2) is 4.98 Å². The zero-order chi connectivity index (χ0) is 21.0. The Morgan fingerprint density at radius 1 is 1.24 bits per heavy atom. The second kappa shape index (κ2) is 14.9. The van der Waals surface area contributed by atoms with Gasteiger partial charge in [-0.3, -0.25) is 4.99 Å². The number of nitrogens with zero attached hydrogens (tertiary/aromatic N) is 3. The zero-order valence-electron chi connectivity index (χ0n) is 16.7. The summed E-state index contributed by atoms with van der Waals surface area (Å²) in [6.07, 6.45) is -2.83. The van der Waals surface area contributed by atoms with Crippen LogP contribution in [0.1, 0.15) is 12.0 Å². The fourth-order valence-electron chi connectivity index (χ4n) is 2.18. The van der Waals surface area contributed by atoms with E-state index in [0.717, 1.165) is 32.2 Å². The molecule has 2 N–H and O–H groups in total. The number of nitrogens with one attached hydrogen (secondary N) is 2. The summed E-state index contributed by atoms with van der Waals surface area (Å²) in [5, 5.41) is 6.03. The van der Waals surface area contributed by atoms with E-state index in [1.807, 2.05) is 7.05 Å². The number of hydrogen-bond donors (Lipinski definition) is 2. The van der Waals surface area contributed by atoms with Crippen LogP contribution in [-0.4, -0.2) is 76.4 Å². The summed E-state index contributed by atoms with van der Waals surface area (Å²) in [6.45, 7) is 3.76. The molecule has 7 nitrogen and oxygen atoms in total. The molecule has 0 saturated carbocycles. The van der Waals surface area contributed by atoms with E-state index in [2.05, 4.69) is 25.5 Å². The third kappa shape index (κ3) is 11.6. The summed E-state index contributed by atoms with van der Waals surface area (Å²) in [5.74, 6) is 0.553. The Bertz CT molecular complexity index is 623. The van der Waals surface area contributed by atoms with Crippen LogP contribution in [-0.2, 0) is 10.9 Å². The van der Waals surface area contributed by atoms with Crippen LogP contribution < -0.4 is 15.4 Å². The molecule has 0 aliphatic rings. The van der Waals surface area contributed by atoms with Crippen LogP contribution in [0.3, 0.4) is 0 Å². The molecular formula is C17H28ClF3IN5O2. The van der Waals surface area contributed by atoms with Crippen molar-refractivity contribution in [3.63, 3.8) is 0 Å². The van der Waals surface area contributed by atoms with E-state index < -0.39 is 11.7 Å². The molecule has 12 heteroatoms. The highest BCUT2D eigenvalue weighted by molar-refractivity contribution is 14.0. The largest absolute Gasteiger partial charge is 0.475 e. The van der Waals surface area contributed by atoms with Crippen molar-refractivity contribution >= 4 is 41.5 Å². The van der Waals surface area contributed by atoms with E-state index in [9.17, 15) is 13.2 Å². The van der Waals surface area contributed by atoms with Gasteiger partial charge in [0, 0.05) is 46.6 Å². The molecule has 0 radical (unpaired) electrons. The van der Waals surface area contributed by atoms with Crippen molar-refractivity contribution in [3.8, 4) is 5.88 Å². The number of rotatable bonds is 11. The lowest BCUT2D eigenvalue weighted by atomic mass is 10.3. The number of methoxy groups -OCH3 is 1. The van der Waals surface area contributed by atoms with Gasteiger partial charge in [0.2, 0.25) is 5.88 Å². The molecule has 0 spiro atoms. The normalized spacial score (nSPS) is 11.9. The zero-order valence-corrected chi connectivity index (χ0v) is 19.8. The van der Waals surface area contributed by atoms with Gasteiger partial charge in [0.25, 0.3) is 0 Å². The molecule has 0 aromatic carbocycles. The maximum absolute atomic E-state index is 12.6. The number of hydrogen-bond acceptors (Lipinski definition) is 5. The quantitative estimate of drug-likeness (QED) is 0.190. The second-order valence-electron chi connectivity index (χ2n) is 5.93. The molecule has 1 aromatic heterocycles. The first kappa shape index (κ1) is 27.9. The molecule has 168 valence electrons. The van der Waals surface area contributed by atoms with Crippen LogP contribution in [0, 0.1) is 0 Å². The van der Waals surface area contributed by atoms with Crippen LogP contribution in [0.5, 0.6) is 5.88 Å². The van der Waals surface area contributed by atoms with Gasteiger partial charge in [0.05, 0.1) is 12.1 Å². The number of alkyl halides is 3. The number of halogens is 5. The number of likely N-dealkylation sites (N-methyl/N-ethyl adjacent to an activating group) is 1. The fourth-order valence-corrected chi connectivity index (χ4v) is 2.40. The molecule has 29 heavy (non-hydrogen) atoms. The second-order valence-corrected chi connectivity index (χ2v) is 6.34. The molecule has 1 aromatic rings. The minimum absolute atomic E-state index is 0. The first-order valence-corrected chi connectivity index (χ1v) is 9.13. The van der Waals surface area contributed by atoms with E-state index in [4.69, 9.17) is 21.1 Å². The lowest BCUT2D eigenvalue weighted by molar-refractivity contribution is -0.137. The summed E-state index contributed by atoms with van der Waals surface area (Å²) < 4.78 is 48.1.